The molecule has 0 atom stereocenters. The van der Waals surface area contributed by atoms with Crippen LogP contribution >= 0.6 is 0 Å². The van der Waals surface area contributed by atoms with E-state index in [4.69, 9.17) is 4.52 Å². The summed E-state index contributed by atoms with van der Waals surface area (Å²) in [6.07, 6.45) is 0. The normalized spacial score (nSPS) is 11.2. The van der Waals surface area contributed by atoms with Gasteiger partial charge in [-0.25, -0.2) is 0 Å². The maximum atomic E-state index is 11.6. The molecule has 0 aliphatic heterocycles. The molecule has 0 radical (unpaired) electrons. The van der Waals surface area contributed by atoms with Gasteiger partial charge in [0.05, 0.1) is 6.54 Å². The van der Waals surface area contributed by atoms with E-state index in [1.807, 2.05) is 43.4 Å². The third-order valence-corrected chi connectivity index (χ3v) is 4.60. The summed E-state index contributed by atoms with van der Waals surface area (Å²) in [6.45, 7) is 5.61. The van der Waals surface area contributed by atoms with Gasteiger partial charge < -0.3 is 9.84 Å². The van der Waals surface area contributed by atoms with Crippen molar-refractivity contribution in [2.24, 2.45) is 0 Å². The van der Waals surface area contributed by atoms with Crippen molar-refractivity contribution in [1.29, 1.82) is 0 Å². The Labute approximate surface area is 165 Å². The molecule has 3 rings (SSSR count). The van der Waals surface area contributed by atoms with Gasteiger partial charge in [-0.3, -0.25) is 9.69 Å². The van der Waals surface area contributed by atoms with Gasteiger partial charge in [-0.15, -0.1) is 0 Å². The quantitative estimate of drug-likeness (QED) is 0.676. The zero-order chi connectivity index (χ0) is 20.1. The number of carbonyl (C=O) groups excluding carboxylic acids is 1. The van der Waals surface area contributed by atoms with E-state index >= 15 is 0 Å². The number of hydrogen-bond acceptors (Lipinski definition) is 5. The Morgan fingerprint density at radius 2 is 1.75 bits per heavy atom. The average Bonchev–Trinajstić information content (AvgIpc) is 3.16. The lowest BCUT2D eigenvalue weighted by Gasteiger charge is -2.14. The third-order valence-electron chi connectivity index (χ3n) is 4.60. The van der Waals surface area contributed by atoms with E-state index in [0.29, 0.717) is 29.7 Å². The summed E-state index contributed by atoms with van der Waals surface area (Å²) < 4.78 is 5.41. The monoisotopic (exact) mass is 378 g/mol. The highest BCUT2D eigenvalue weighted by Gasteiger charge is 2.12. The molecular formula is C22H26N4O2. The lowest BCUT2D eigenvalue weighted by Crippen LogP contribution is -2.19. The van der Waals surface area contributed by atoms with Crippen LogP contribution in [0.15, 0.2) is 53.1 Å². The molecule has 0 aliphatic rings. The molecule has 0 unspecified atom stereocenters. The first kappa shape index (κ1) is 19.8. The molecule has 28 heavy (non-hydrogen) atoms. The molecule has 146 valence electrons. The molecule has 0 spiro atoms. The fourth-order valence-corrected chi connectivity index (χ4v) is 2.96. The lowest BCUT2D eigenvalue weighted by molar-refractivity contribution is 0.0963. The molecule has 3 aromatic rings. The van der Waals surface area contributed by atoms with Crippen LogP contribution < -0.4 is 5.32 Å². The summed E-state index contributed by atoms with van der Waals surface area (Å²) in [5.41, 5.74) is 4.00. The standard InChI is InChI=1S/C22H26N4O2/c1-15(2)17-9-11-18(12-10-17)21-24-20(28-25-21)14-26(4)13-16-5-7-19(8-6-16)22(27)23-3/h5-12,15H,13-14H2,1-4H3,(H,23,27). The maximum absolute atomic E-state index is 11.6. The van der Waals surface area contributed by atoms with Crippen LogP contribution in [0.1, 0.15) is 47.1 Å². The molecule has 6 nitrogen and oxygen atoms in total. The van der Waals surface area contributed by atoms with Crippen LogP contribution in [0.3, 0.4) is 0 Å². The molecule has 0 bridgehead atoms. The molecule has 1 N–H and O–H groups in total. The van der Waals surface area contributed by atoms with E-state index in [9.17, 15) is 4.79 Å². The fraction of sp³-hybridized carbons (Fsp3) is 0.318. The first-order chi connectivity index (χ1) is 13.5. The van der Waals surface area contributed by atoms with Crippen molar-refractivity contribution < 1.29 is 9.32 Å². The van der Waals surface area contributed by atoms with E-state index in [1.165, 1.54) is 5.56 Å². The van der Waals surface area contributed by atoms with Gasteiger partial charge in [0.15, 0.2) is 0 Å². The van der Waals surface area contributed by atoms with Crippen LogP contribution in [0.25, 0.3) is 11.4 Å². The van der Waals surface area contributed by atoms with Crippen molar-refractivity contribution in [3.05, 3.63) is 71.1 Å². The average molecular weight is 378 g/mol. The van der Waals surface area contributed by atoms with Gasteiger partial charge in [0.25, 0.3) is 5.91 Å². The highest BCUT2D eigenvalue weighted by Crippen LogP contribution is 2.21. The molecule has 1 heterocycles. The van der Waals surface area contributed by atoms with Gasteiger partial charge in [0.1, 0.15) is 0 Å². The smallest absolute Gasteiger partial charge is 0.251 e. The van der Waals surface area contributed by atoms with Crippen LogP contribution in [-0.2, 0) is 13.1 Å². The summed E-state index contributed by atoms with van der Waals surface area (Å²) >= 11 is 0. The number of hydrogen-bond donors (Lipinski definition) is 1. The van der Waals surface area contributed by atoms with E-state index in [-0.39, 0.29) is 5.91 Å². The number of nitrogens with zero attached hydrogens (tertiary/aromatic N) is 3. The molecule has 2 aromatic carbocycles. The van der Waals surface area contributed by atoms with Gasteiger partial charge in [0, 0.05) is 24.7 Å². The van der Waals surface area contributed by atoms with Crippen molar-refractivity contribution >= 4 is 5.91 Å². The van der Waals surface area contributed by atoms with Gasteiger partial charge in [-0.05, 0) is 36.2 Å². The Morgan fingerprint density at radius 3 is 2.36 bits per heavy atom. The minimum atomic E-state index is -0.0836. The zero-order valence-electron chi connectivity index (χ0n) is 16.8. The predicted molar refractivity (Wildman–Crippen MR) is 109 cm³/mol. The largest absolute Gasteiger partial charge is 0.355 e. The number of nitrogens with one attached hydrogen (secondary N) is 1. The highest BCUT2D eigenvalue weighted by atomic mass is 16.5. The van der Waals surface area contributed by atoms with Crippen molar-refractivity contribution in [3.8, 4) is 11.4 Å². The molecular weight excluding hydrogens is 352 g/mol. The van der Waals surface area contributed by atoms with Gasteiger partial charge in [0.2, 0.25) is 11.7 Å². The van der Waals surface area contributed by atoms with Crippen LogP contribution in [-0.4, -0.2) is 35.0 Å². The SMILES string of the molecule is CNC(=O)c1ccc(CN(C)Cc2nc(-c3ccc(C(C)C)cc3)no2)cc1. The second-order valence-electron chi connectivity index (χ2n) is 7.24. The van der Waals surface area contributed by atoms with Crippen molar-refractivity contribution in [2.45, 2.75) is 32.9 Å². The molecule has 1 amide bonds. The number of benzene rings is 2. The molecule has 6 heteroatoms. The highest BCUT2D eigenvalue weighted by molar-refractivity contribution is 5.93. The topological polar surface area (TPSA) is 71.3 Å². The number of aromatic nitrogens is 2. The summed E-state index contributed by atoms with van der Waals surface area (Å²) in [6, 6.07) is 15.8. The first-order valence-corrected chi connectivity index (χ1v) is 9.38. The van der Waals surface area contributed by atoms with Crippen LogP contribution in [0.4, 0.5) is 0 Å². The van der Waals surface area contributed by atoms with Crippen molar-refractivity contribution in [2.75, 3.05) is 14.1 Å². The van der Waals surface area contributed by atoms with Crippen LogP contribution in [0.2, 0.25) is 0 Å². The van der Waals surface area contributed by atoms with E-state index < -0.39 is 0 Å². The van der Waals surface area contributed by atoms with Crippen molar-refractivity contribution in [1.82, 2.24) is 20.4 Å². The maximum Gasteiger partial charge on any atom is 0.251 e. The minimum Gasteiger partial charge on any atom is -0.355 e. The van der Waals surface area contributed by atoms with Gasteiger partial charge in [-0.1, -0.05) is 55.4 Å². The minimum absolute atomic E-state index is 0.0836. The summed E-state index contributed by atoms with van der Waals surface area (Å²) in [5.74, 6) is 1.59. The Morgan fingerprint density at radius 1 is 1.07 bits per heavy atom. The van der Waals surface area contributed by atoms with Gasteiger partial charge in [-0.2, -0.15) is 4.98 Å². The third kappa shape index (κ3) is 4.84. The summed E-state index contributed by atoms with van der Waals surface area (Å²) in [4.78, 5) is 18.2. The molecule has 0 fully saturated rings. The zero-order valence-corrected chi connectivity index (χ0v) is 16.8. The van der Waals surface area contributed by atoms with Crippen LogP contribution in [0.5, 0.6) is 0 Å². The predicted octanol–water partition coefficient (Wildman–Crippen LogP) is 3.85. The van der Waals surface area contributed by atoms with Crippen LogP contribution in [0, 0.1) is 0 Å². The second-order valence-corrected chi connectivity index (χ2v) is 7.24. The molecule has 1 aromatic heterocycles. The van der Waals surface area contributed by atoms with Crippen molar-refractivity contribution in [3.63, 3.8) is 0 Å². The number of amides is 1. The van der Waals surface area contributed by atoms with E-state index in [0.717, 1.165) is 17.7 Å². The Balaban J connectivity index is 1.60. The summed E-state index contributed by atoms with van der Waals surface area (Å²) in [7, 11) is 3.62. The van der Waals surface area contributed by atoms with Gasteiger partial charge >= 0.3 is 0 Å². The Hall–Kier alpha value is -2.99. The summed E-state index contributed by atoms with van der Waals surface area (Å²) in [5, 5.41) is 6.73. The first-order valence-electron chi connectivity index (χ1n) is 9.38. The molecule has 0 aliphatic carbocycles. The molecule has 0 saturated heterocycles. The fourth-order valence-electron chi connectivity index (χ4n) is 2.96. The van der Waals surface area contributed by atoms with E-state index in [1.54, 1.807) is 7.05 Å². The lowest BCUT2D eigenvalue weighted by atomic mass is 10.0. The number of rotatable bonds is 7. The molecule has 0 saturated carbocycles. The Bertz CT molecular complexity index is 914. The van der Waals surface area contributed by atoms with E-state index in [2.05, 4.69) is 46.3 Å². The Kier molecular flexibility index (Phi) is 6.21. The second kappa shape index (κ2) is 8.80. The number of carbonyl (C=O) groups is 1.